The van der Waals surface area contributed by atoms with Gasteiger partial charge in [0.1, 0.15) is 10.7 Å². The first kappa shape index (κ1) is 15.2. The summed E-state index contributed by atoms with van der Waals surface area (Å²) >= 11 is 0. The summed E-state index contributed by atoms with van der Waals surface area (Å²) in [6.07, 6.45) is 2.98. The molecular weight excluding hydrogens is 276 g/mol. The van der Waals surface area contributed by atoms with Crippen molar-refractivity contribution >= 4 is 15.8 Å². The minimum absolute atomic E-state index is 0.00468. The highest BCUT2D eigenvalue weighted by Gasteiger charge is 2.32. The van der Waals surface area contributed by atoms with Crippen LogP contribution in [-0.4, -0.2) is 55.3 Å². The molecule has 0 aromatic carbocycles. The van der Waals surface area contributed by atoms with Crippen molar-refractivity contribution < 1.29 is 8.42 Å². The minimum Gasteiger partial charge on any atom is -0.384 e. The molecule has 0 amide bonds. The van der Waals surface area contributed by atoms with Crippen molar-refractivity contribution in [2.24, 2.45) is 0 Å². The molecule has 7 heteroatoms. The highest BCUT2D eigenvalue weighted by Crippen LogP contribution is 2.22. The molecule has 2 rings (SSSR count). The quantitative estimate of drug-likeness (QED) is 0.891. The van der Waals surface area contributed by atoms with Gasteiger partial charge in [0.15, 0.2) is 0 Å². The van der Waals surface area contributed by atoms with Gasteiger partial charge in [0.25, 0.3) is 0 Å². The second-order valence-electron chi connectivity index (χ2n) is 5.21. The van der Waals surface area contributed by atoms with Crippen LogP contribution in [0.3, 0.4) is 0 Å². The Bertz CT molecular complexity index is 544. The molecule has 0 spiro atoms. The van der Waals surface area contributed by atoms with E-state index in [9.17, 15) is 8.42 Å². The number of likely N-dealkylation sites (N-methyl/N-ethyl adjacent to an activating group) is 1. The summed E-state index contributed by atoms with van der Waals surface area (Å²) in [5.74, 6) is 0.326. The number of nitrogen functional groups attached to an aromatic ring is 1. The number of pyridine rings is 1. The Labute approximate surface area is 120 Å². The van der Waals surface area contributed by atoms with Gasteiger partial charge in [-0.2, -0.15) is 4.31 Å². The molecule has 0 bridgehead atoms. The van der Waals surface area contributed by atoms with Gasteiger partial charge < -0.3 is 10.6 Å². The summed E-state index contributed by atoms with van der Waals surface area (Å²) in [7, 11) is -1.47. The zero-order valence-corrected chi connectivity index (χ0v) is 12.8. The first-order chi connectivity index (χ1) is 9.45. The average Bonchev–Trinajstić information content (AvgIpc) is 2.61. The fourth-order valence-corrected chi connectivity index (χ4v) is 4.22. The molecule has 1 aliphatic rings. The van der Waals surface area contributed by atoms with E-state index in [-0.39, 0.29) is 10.9 Å². The molecule has 1 aromatic heterocycles. The van der Waals surface area contributed by atoms with E-state index in [1.165, 1.54) is 18.3 Å². The molecule has 0 saturated carbocycles. The standard InChI is InChI=1S/C13H22N4O2S/c1-3-11-10-16(2)7-4-8-17(11)20(18,19)12-5-6-13(14)15-9-12/h5-6,9,11H,3-4,7-8,10H2,1-2H3,(H2,14,15). The average molecular weight is 298 g/mol. The maximum Gasteiger partial charge on any atom is 0.244 e. The molecule has 6 nitrogen and oxygen atoms in total. The zero-order valence-electron chi connectivity index (χ0n) is 12.0. The Morgan fingerprint density at radius 3 is 2.75 bits per heavy atom. The first-order valence-corrected chi connectivity index (χ1v) is 8.31. The summed E-state index contributed by atoms with van der Waals surface area (Å²) in [4.78, 5) is 6.29. The van der Waals surface area contributed by atoms with Gasteiger partial charge in [-0.1, -0.05) is 6.92 Å². The second-order valence-corrected chi connectivity index (χ2v) is 7.10. The fourth-order valence-electron chi connectivity index (χ4n) is 2.55. The van der Waals surface area contributed by atoms with Crippen LogP contribution in [0.25, 0.3) is 0 Å². The topological polar surface area (TPSA) is 79.5 Å². The van der Waals surface area contributed by atoms with Crippen molar-refractivity contribution in [1.82, 2.24) is 14.2 Å². The normalized spacial score (nSPS) is 22.6. The van der Waals surface area contributed by atoms with Crippen LogP contribution < -0.4 is 5.73 Å². The maximum absolute atomic E-state index is 12.8. The van der Waals surface area contributed by atoms with Gasteiger partial charge in [-0.15, -0.1) is 0 Å². The smallest absolute Gasteiger partial charge is 0.244 e. The first-order valence-electron chi connectivity index (χ1n) is 6.87. The van der Waals surface area contributed by atoms with Crippen LogP contribution >= 0.6 is 0 Å². The number of nitrogens with zero attached hydrogens (tertiary/aromatic N) is 3. The lowest BCUT2D eigenvalue weighted by Crippen LogP contribution is -2.43. The Morgan fingerprint density at radius 1 is 1.40 bits per heavy atom. The van der Waals surface area contributed by atoms with E-state index in [0.29, 0.717) is 12.4 Å². The molecule has 1 aromatic rings. The van der Waals surface area contributed by atoms with E-state index in [0.717, 1.165) is 25.9 Å². The van der Waals surface area contributed by atoms with Crippen molar-refractivity contribution in [2.75, 3.05) is 32.4 Å². The lowest BCUT2D eigenvalue weighted by Gasteiger charge is -2.29. The molecule has 112 valence electrons. The van der Waals surface area contributed by atoms with Crippen molar-refractivity contribution in [2.45, 2.75) is 30.7 Å². The van der Waals surface area contributed by atoms with Gasteiger partial charge in [-0.25, -0.2) is 13.4 Å². The third-order valence-electron chi connectivity index (χ3n) is 3.69. The second kappa shape index (κ2) is 6.07. The number of rotatable bonds is 3. The summed E-state index contributed by atoms with van der Waals surface area (Å²) < 4.78 is 27.1. The van der Waals surface area contributed by atoms with E-state index in [1.807, 2.05) is 14.0 Å². The molecular formula is C13H22N4O2S. The minimum atomic E-state index is -3.50. The largest absolute Gasteiger partial charge is 0.384 e. The Balaban J connectivity index is 2.33. The van der Waals surface area contributed by atoms with Crippen LogP contribution in [-0.2, 0) is 10.0 Å². The molecule has 2 N–H and O–H groups in total. The van der Waals surface area contributed by atoms with Gasteiger partial charge in [0, 0.05) is 25.3 Å². The highest BCUT2D eigenvalue weighted by molar-refractivity contribution is 7.89. The van der Waals surface area contributed by atoms with Crippen molar-refractivity contribution in [3.8, 4) is 0 Å². The molecule has 1 saturated heterocycles. The van der Waals surface area contributed by atoms with E-state index in [1.54, 1.807) is 4.31 Å². The molecule has 0 aliphatic carbocycles. The van der Waals surface area contributed by atoms with Crippen molar-refractivity contribution in [1.29, 1.82) is 0 Å². The van der Waals surface area contributed by atoms with Crippen LogP contribution in [0.5, 0.6) is 0 Å². The lowest BCUT2D eigenvalue weighted by atomic mass is 10.2. The highest BCUT2D eigenvalue weighted by atomic mass is 32.2. The maximum atomic E-state index is 12.8. The molecule has 20 heavy (non-hydrogen) atoms. The molecule has 0 radical (unpaired) electrons. The molecule has 2 heterocycles. The predicted molar refractivity (Wildman–Crippen MR) is 78.7 cm³/mol. The molecule has 1 atom stereocenters. The molecule has 1 fully saturated rings. The summed E-state index contributed by atoms with van der Waals surface area (Å²) in [5, 5.41) is 0. The number of aromatic nitrogens is 1. The number of hydrogen-bond acceptors (Lipinski definition) is 5. The summed E-state index contributed by atoms with van der Waals surface area (Å²) in [6.45, 7) is 4.25. The van der Waals surface area contributed by atoms with E-state index in [4.69, 9.17) is 5.73 Å². The van der Waals surface area contributed by atoms with Gasteiger partial charge in [0.2, 0.25) is 10.0 Å². The fraction of sp³-hybridized carbons (Fsp3) is 0.615. The number of sulfonamides is 1. The van der Waals surface area contributed by atoms with Gasteiger partial charge in [0.05, 0.1) is 0 Å². The third-order valence-corrected chi connectivity index (χ3v) is 5.62. The molecule has 1 aliphatic heterocycles. The van der Waals surface area contributed by atoms with Crippen LogP contribution in [0, 0.1) is 0 Å². The zero-order chi connectivity index (χ0) is 14.8. The monoisotopic (exact) mass is 298 g/mol. The van der Waals surface area contributed by atoms with Gasteiger partial charge >= 0.3 is 0 Å². The molecule has 1 unspecified atom stereocenters. The van der Waals surface area contributed by atoms with Crippen molar-refractivity contribution in [3.63, 3.8) is 0 Å². The Hall–Kier alpha value is -1.18. The lowest BCUT2D eigenvalue weighted by molar-refractivity contribution is 0.270. The van der Waals surface area contributed by atoms with Crippen molar-refractivity contribution in [3.05, 3.63) is 18.3 Å². The number of nitrogens with two attached hydrogens (primary N) is 1. The van der Waals surface area contributed by atoms with Crippen LogP contribution in [0.15, 0.2) is 23.2 Å². The van der Waals surface area contributed by atoms with E-state index >= 15 is 0 Å². The third kappa shape index (κ3) is 3.11. The van der Waals surface area contributed by atoms with E-state index in [2.05, 4.69) is 9.88 Å². The Morgan fingerprint density at radius 2 is 2.15 bits per heavy atom. The van der Waals surface area contributed by atoms with E-state index < -0.39 is 10.0 Å². The van der Waals surface area contributed by atoms with Gasteiger partial charge in [-0.05, 0) is 38.6 Å². The van der Waals surface area contributed by atoms with Crippen LogP contribution in [0.2, 0.25) is 0 Å². The predicted octanol–water partition coefficient (Wildman–Crippen LogP) is 0.769. The number of hydrogen-bond donors (Lipinski definition) is 1. The Kier molecular flexibility index (Phi) is 4.62. The SMILES string of the molecule is CCC1CN(C)CCCN1S(=O)(=O)c1ccc(N)nc1. The van der Waals surface area contributed by atoms with Crippen LogP contribution in [0.4, 0.5) is 5.82 Å². The van der Waals surface area contributed by atoms with Crippen LogP contribution in [0.1, 0.15) is 19.8 Å². The summed E-state index contributed by atoms with van der Waals surface area (Å²) in [5.41, 5.74) is 5.52. The van der Waals surface area contributed by atoms with Gasteiger partial charge in [-0.3, -0.25) is 0 Å². The summed E-state index contributed by atoms with van der Waals surface area (Å²) in [6, 6.07) is 3.06. The number of anilines is 1.